The van der Waals surface area contributed by atoms with E-state index in [-0.39, 0.29) is 32.6 Å². The molecule has 0 saturated heterocycles. The molecule has 3 N–H and O–H groups in total. The van der Waals surface area contributed by atoms with Crippen LogP contribution in [0.3, 0.4) is 0 Å². The molecule has 0 saturated carbocycles. The van der Waals surface area contributed by atoms with Gasteiger partial charge in [0.25, 0.3) is 0 Å². The number of nitrogens with two attached hydrogens (primary N) is 1. The molecule has 0 bridgehead atoms. The average molecular weight is 768 g/mol. The summed E-state index contributed by atoms with van der Waals surface area (Å²) < 4.78 is 32.7. The van der Waals surface area contributed by atoms with Crippen molar-refractivity contribution in [3.63, 3.8) is 0 Å². The van der Waals surface area contributed by atoms with E-state index in [0.29, 0.717) is 19.3 Å². The number of unbranched alkanes of at least 4 members (excludes halogenated alkanes) is 18. The molecule has 0 spiro atoms. The number of allylic oxidation sites excluding steroid dienone is 8. The van der Waals surface area contributed by atoms with Gasteiger partial charge in [-0.15, -0.1) is 0 Å². The van der Waals surface area contributed by atoms with Crippen LogP contribution in [0.5, 0.6) is 0 Å². The van der Waals surface area contributed by atoms with Crippen LogP contribution in [-0.4, -0.2) is 49.3 Å². The van der Waals surface area contributed by atoms with Gasteiger partial charge in [-0.2, -0.15) is 0 Å². The zero-order chi connectivity index (χ0) is 38.9. The molecule has 1 unspecified atom stereocenters. The van der Waals surface area contributed by atoms with Crippen LogP contribution < -0.4 is 5.73 Å². The van der Waals surface area contributed by atoms with Gasteiger partial charge < -0.3 is 20.1 Å². The highest BCUT2D eigenvalue weighted by molar-refractivity contribution is 7.47. The van der Waals surface area contributed by atoms with E-state index in [0.717, 1.165) is 51.4 Å². The second-order valence-corrected chi connectivity index (χ2v) is 15.3. The first-order valence-corrected chi connectivity index (χ1v) is 22.6. The summed E-state index contributed by atoms with van der Waals surface area (Å²) in [5.74, 6) is -0.901. The Bertz CT molecular complexity index is 1010. The van der Waals surface area contributed by atoms with E-state index < -0.39 is 32.5 Å². The van der Waals surface area contributed by atoms with Crippen molar-refractivity contribution in [2.75, 3.05) is 26.4 Å². The topological polar surface area (TPSA) is 134 Å². The van der Waals surface area contributed by atoms with Crippen molar-refractivity contribution in [2.45, 2.75) is 187 Å². The third-order valence-electron chi connectivity index (χ3n) is 8.69. The Kier molecular flexibility index (Phi) is 38.1. The van der Waals surface area contributed by atoms with Crippen LogP contribution in [0.2, 0.25) is 0 Å². The molecule has 53 heavy (non-hydrogen) atoms. The second-order valence-electron chi connectivity index (χ2n) is 13.8. The van der Waals surface area contributed by atoms with Crippen LogP contribution in [0, 0.1) is 0 Å². The molecule has 0 aliphatic heterocycles. The molecular weight excluding hydrogens is 689 g/mol. The minimum Gasteiger partial charge on any atom is -0.462 e. The smallest absolute Gasteiger partial charge is 0.462 e. The predicted octanol–water partition coefficient (Wildman–Crippen LogP) is 11.9. The fraction of sp³-hybridized carbons (Fsp3) is 0.767. The molecule has 0 aliphatic carbocycles. The number of hydrogen-bond donors (Lipinski definition) is 2. The van der Waals surface area contributed by atoms with Crippen LogP contribution in [0.15, 0.2) is 48.6 Å². The molecule has 0 aromatic rings. The van der Waals surface area contributed by atoms with Gasteiger partial charge in [0.1, 0.15) is 6.61 Å². The molecule has 10 heteroatoms. The first-order chi connectivity index (χ1) is 25.8. The Hall–Kier alpha value is -2.03. The molecule has 0 fully saturated rings. The van der Waals surface area contributed by atoms with Gasteiger partial charge in [0.15, 0.2) is 6.10 Å². The first kappa shape index (κ1) is 51.0. The second kappa shape index (κ2) is 39.7. The van der Waals surface area contributed by atoms with Crippen molar-refractivity contribution in [1.82, 2.24) is 0 Å². The number of carbonyl (C=O) groups is 2. The maximum atomic E-state index is 12.5. The summed E-state index contributed by atoms with van der Waals surface area (Å²) >= 11 is 0. The highest BCUT2D eigenvalue weighted by Crippen LogP contribution is 2.43. The van der Waals surface area contributed by atoms with E-state index in [1.165, 1.54) is 83.5 Å². The summed E-state index contributed by atoms with van der Waals surface area (Å²) in [6.07, 6.45) is 44.3. The van der Waals surface area contributed by atoms with E-state index in [1.807, 2.05) is 6.08 Å². The maximum Gasteiger partial charge on any atom is 0.472 e. The van der Waals surface area contributed by atoms with E-state index >= 15 is 0 Å². The SMILES string of the molecule is CCCCCCCC/C=C/C/C=C/C/C=C/CCCC(=O)O[C@H](COC(=O)CCCCCCC/C=C/CCCCCCCC)COP(=O)(O)OCCN. The summed E-state index contributed by atoms with van der Waals surface area (Å²) in [4.78, 5) is 34.8. The Morgan fingerprint density at radius 1 is 0.566 bits per heavy atom. The van der Waals surface area contributed by atoms with Crippen molar-refractivity contribution in [3.05, 3.63) is 48.6 Å². The zero-order valence-electron chi connectivity index (χ0n) is 33.7. The van der Waals surface area contributed by atoms with Gasteiger partial charge in [0, 0.05) is 19.4 Å². The monoisotopic (exact) mass is 768 g/mol. The molecule has 2 atom stereocenters. The van der Waals surface area contributed by atoms with E-state index in [4.69, 9.17) is 24.3 Å². The summed E-state index contributed by atoms with van der Waals surface area (Å²) in [7, 11) is -4.39. The molecule has 0 aromatic heterocycles. The summed E-state index contributed by atoms with van der Waals surface area (Å²) in [6.45, 7) is 3.65. The first-order valence-electron chi connectivity index (χ1n) is 21.1. The van der Waals surface area contributed by atoms with Crippen LogP contribution in [-0.2, 0) is 32.7 Å². The van der Waals surface area contributed by atoms with Gasteiger partial charge in [0.2, 0.25) is 0 Å². The number of carbonyl (C=O) groups excluding carboxylic acids is 2. The van der Waals surface area contributed by atoms with Gasteiger partial charge in [-0.3, -0.25) is 18.6 Å². The highest BCUT2D eigenvalue weighted by Gasteiger charge is 2.25. The van der Waals surface area contributed by atoms with Crippen LogP contribution in [0.1, 0.15) is 181 Å². The van der Waals surface area contributed by atoms with E-state index in [1.54, 1.807) is 0 Å². The molecule has 0 amide bonds. The van der Waals surface area contributed by atoms with Gasteiger partial charge in [-0.1, -0.05) is 146 Å². The molecule has 308 valence electrons. The number of rotatable bonds is 39. The number of ether oxygens (including phenoxy) is 2. The number of hydrogen-bond acceptors (Lipinski definition) is 8. The van der Waals surface area contributed by atoms with Crippen molar-refractivity contribution in [2.24, 2.45) is 5.73 Å². The van der Waals surface area contributed by atoms with Crippen molar-refractivity contribution >= 4 is 19.8 Å². The van der Waals surface area contributed by atoms with Crippen LogP contribution >= 0.6 is 7.82 Å². The highest BCUT2D eigenvalue weighted by atomic mass is 31.2. The normalized spacial score (nSPS) is 13.8. The quantitative estimate of drug-likeness (QED) is 0.0271. The molecule has 0 radical (unpaired) electrons. The predicted molar refractivity (Wildman–Crippen MR) is 220 cm³/mol. The summed E-state index contributed by atoms with van der Waals surface area (Å²) in [6, 6.07) is 0. The summed E-state index contributed by atoms with van der Waals surface area (Å²) in [5.41, 5.74) is 5.34. The van der Waals surface area contributed by atoms with Crippen molar-refractivity contribution in [3.8, 4) is 0 Å². The number of phosphoric acid groups is 1. The Morgan fingerprint density at radius 3 is 1.53 bits per heavy atom. The molecule has 0 aromatic carbocycles. The van der Waals surface area contributed by atoms with E-state index in [9.17, 15) is 19.0 Å². The molecule has 0 rings (SSSR count). The fourth-order valence-electron chi connectivity index (χ4n) is 5.53. The standard InChI is InChI=1S/C43H78NO8P/c1-3-5-7-9-11-13-15-17-19-20-22-24-26-28-30-32-34-36-43(46)52-41(40-51-53(47,48)50-38-37-44)39-49-42(45)35-33-31-29-27-25-23-21-18-16-14-12-10-8-6-4-2/h17-19,21-22,24,28,30,41H,3-16,20,23,25-27,29,31-40,44H2,1-2H3,(H,47,48)/b19-17+,21-18+,24-22+,30-28+/t41-/m1/s1. The Labute approximate surface area is 324 Å². The maximum absolute atomic E-state index is 12.5. The average Bonchev–Trinajstić information content (AvgIpc) is 3.14. The van der Waals surface area contributed by atoms with Crippen LogP contribution in [0.25, 0.3) is 0 Å². The van der Waals surface area contributed by atoms with Crippen LogP contribution in [0.4, 0.5) is 0 Å². The molecule has 0 aliphatic rings. The van der Waals surface area contributed by atoms with Crippen molar-refractivity contribution < 1.29 is 37.6 Å². The number of phosphoric ester groups is 1. The Morgan fingerprint density at radius 2 is 1.00 bits per heavy atom. The van der Waals surface area contributed by atoms with Crippen molar-refractivity contribution in [1.29, 1.82) is 0 Å². The lowest BCUT2D eigenvalue weighted by Crippen LogP contribution is -2.29. The molecular formula is C43H78NO8P. The Balaban J connectivity index is 4.28. The molecule has 0 heterocycles. The minimum atomic E-state index is -4.39. The lowest BCUT2D eigenvalue weighted by molar-refractivity contribution is -0.161. The van der Waals surface area contributed by atoms with Gasteiger partial charge in [-0.25, -0.2) is 4.57 Å². The third-order valence-corrected chi connectivity index (χ3v) is 9.67. The van der Waals surface area contributed by atoms with Gasteiger partial charge in [-0.05, 0) is 70.6 Å². The van der Waals surface area contributed by atoms with E-state index in [2.05, 4.69) is 56.4 Å². The third kappa shape index (κ3) is 39.5. The minimum absolute atomic E-state index is 0.0434. The zero-order valence-corrected chi connectivity index (χ0v) is 34.6. The fourth-order valence-corrected chi connectivity index (χ4v) is 6.29. The number of esters is 2. The lowest BCUT2D eigenvalue weighted by Gasteiger charge is -2.19. The lowest BCUT2D eigenvalue weighted by atomic mass is 10.1. The summed E-state index contributed by atoms with van der Waals surface area (Å²) in [5, 5.41) is 0. The molecule has 9 nitrogen and oxygen atoms in total. The van der Waals surface area contributed by atoms with Gasteiger partial charge in [0.05, 0.1) is 13.2 Å². The largest absolute Gasteiger partial charge is 0.472 e. The van der Waals surface area contributed by atoms with Gasteiger partial charge >= 0.3 is 19.8 Å².